The van der Waals surface area contributed by atoms with Gasteiger partial charge in [0.1, 0.15) is 11.5 Å². The van der Waals surface area contributed by atoms with Crippen molar-refractivity contribution >= 4 is 28.9 Å². The number of nitrogens with zero attached hydrogens (tertiary/aromatic N) is 2. The number of hydrazone groups is 1. The molecule has 1 fully saturated rings. The average Bonchev–Trinajstić information content (AvgIpc) is 3.32. The second-order valence-electron chi connectivity index (χ2n) is 7.40. The third-order valence-electron chi connectivity index (χ3n) is 5.82. The molecule has 5 rings (SSSR count). The van der Waals surface area contributed by atoms with Gasteiger partial charge in [0.05, 0.1) is 23.9 Å². The van der Waals surface area contributed by atoms with Crippen LogP contribution < -0.4 is 9.47 Å². The lowest BCUT2D eigenvalue weighted by atomic mass is 9.94. The number of fused-ring (bicyclic) bond motifs is 4. The van der Waals surface area contributed by atoms with Crippen LogP contribution >= 0.6 is 23.2 Å². The molecule has 2 aromatic carbocycles. The Labute approximate surface area is 168 Å². The van der Waals surface area contributed by atoms with Gasteiger partial charge in [0, 0.05) is 29.8 Å². The normalized spacial score (nSPS) is 22.3. The van der Waals surface area contributed by atoms with Gasteiger partial charge in [-0.25, -0.2) is 5.01 Å². The summed E-state index contributed by atoms with van der Waals surface area (Å²) in [6.45, 7) is 0. The van der Waals surface area contributed by atoms with Crippen molar-refractivity contribution in [1.82, 2.24) is 5.01 Å². The Morgan fingerprint density at radius 2 is 1.89 bits per heavy atom. The number of methoxy groups -OCH3 is 1. The van der Waals surface area contributed by atoms with Crippen LogP contribution in [0.5, 0.6) is 11.5 Å². The number of benzene rings is 2. The highest BCUT2D eigenvalue weighted by Crippen LogP contribution is 2.54. The maximum atomic E-state index is 6.51. The van der Waals surface area contributed by atoms with Crippen molar-refractivity contribution in [2.45, 2.75) is 43.9 Å². The molecule has 0 unspecified atom stereocenters. The van der Waals surface area contributed by atoms with Gasteiger partial charge in [-0.3, -0.25) is 0 Å². The van der Waals surface area contributed by atoms with Crippen molar-refractivity contribution in [3.8, 4) is 11.5 Å². The molecular weight excluding hydrogens is 383 g/mol. The fourth-order valence-electron chi connectivity index (χ4n) is 4.52. The zero-order valence-electron chi connectivity index (χ0n) is 15.0. The van der Waals surface area contributed by atoms with Crippen LogP contribution in [0.3, 0.4) is 0 Å². The van der Waals surface area contributed by atoms with Crippen LogP contribution in [0, 0.1) is 0 Å². The van der Waals surface area contributed by atoms with E-state index in [-0.39, 0.29) is 6.04 Å². The van der Waals surface area contributed by atoms with E-state index in [1.54, 1.807) is 13.2 Å². The van der Waals surface area contributed by atoms with E-state index < -0.39 is 5.72 Å². The van der Waals surface area contributed by atoms with Crippen LogP contribution in [0.2, 0.25) is 10.0 Å². The Bertz CT molecular complexity index is 921. The highest BCUT2D eigenvalue weighted by atomic mass is 35.5. The van der Waals surface area contributed by atoms with Gasteiger partial charge in [-0.1, -0.05) is 23.2 Å². The molecule has 27 heavy (non-hydrogen) atoms. The Hall–Kier alpha value is -1.91. The molecule has 0 aromatic heterocycles. The zero-order chi connectivity index (χ0) is 18.6. The van der Waals surface area contributed by atoms with E-state index in [2.05, 4.69) is 17.1 Å². The summed E-state index contributed by atoms with van der Waals surface area (Å²) in [6.07, 6.45) is 5.00. The van der Waals surface area contributed by atoms with Crippen LogP contribution in [-0.4, -0.2) is 23.6 Å². The van der Waals surface area contributed by atoms with E-state index in [1.807, 2.05) is 18.2 Å². The third-order valence-corrected chi connectivity index (χ3v) is 6.32. The first-order chi connectivity index (χ1) is 13.1. The second-order valence-corrected chi connectivity index (χ2v) is 8.24. The number of hydrogen-bond acceptors (Lipinski definition) is 4. The first-order valence-corrected chi connectivity index (χ1v) is 10.0. The van der Waals surface area contributed by atoms with Crippen molar-refractivity contribution in [1.29, 1.82) is 0 Å². The Morgan fingerprint density at radius 1 is 1.15 bits per heavy atom. The molecule has 1 spiro atoms. The molecular formula is C21H20Cl2N2O2. The quantitative estimate of drug-likeness (QED) is 0.634. The second kappa shape index (κ2) is 6.32. The Kier molecular flexibility index (Phi) is 4.03. The molecule has 4 nitrogen and oxygen atoms in total. The number of hydrogen-bond donors (Lipinski definition) is 0. The molecule has 140 valence electrons. The summed E-state index contributed by atoms with van der Waals surface area (Å²) >= 11 is 12.8. The van der Waals surface area contributed by atoms with Gasteiger partial charge in [-0.05, 0) is 54.8 Å². The van der Waals surface area contributed by atoms with Crippen molar-refractivity contribution in [2.75, 3.05) is 7.11 Å². The zero-order valence-corrected chi connectivity index (χ0v) is 16.6. The topological polar surface area (TPSA) is 34.1 Å². The predicted molar refractivity (Wildman–Crippen MR) is 107 cm³/mol. The van der Waals surface area contributed by atoms with Crippen LogP contribution in [-0.2, 0) is 0 Å². The first-order valence-electron chi connectivity index (χ1n) is 9.29. The van der Waals surface area contributed by atoms with Crippen LogP contribution in [0.25, 0.3) is 0 Å². The van der Waals surface area contributed by atoms with Crippen molar-refractivity contribution in [2.24, 2.45) is 5.10 Å². The molecule has 1 atom stereocenters. The Morgan fingerprint density at radius 3 is 2.59 bits per heavy atom. The fraction of sp³-hybridized carbons (Fsp3) is 0.381. The SMILES string of the molecule is COc1ccc(C2=NN3[C@@H](C2)c2cc(Cl)cc(Cl)c2OC32CCCC2)cc1. The molecule has 1 saturated carbocycles. The molecule has 0 amide bonds. The van der Waals surface area contributed by atoms with Crippen molar-refractivity contribution in [3.05, 3.63) is 57.6 Å². The van der Waals surface area contributed by atoms with Gasteiger partial charge in [0.15, 0.2) is 5.72 Å². The molecule has 2 heterocycles. The molecule has 0 saturated heterocycles. The standard InChI is InChI=1S/C21H20Cl2N2O2/c1-26-15-6-4-13(5-7-15)18-12-19-16-10-14(22)11-17(23)20(16)27-21(25(19)24-18)8-2-3-9-21/h4-7,10-11,19H,2-3,8-9,12H2,1H3/t19-/m0/s1. The molecule has 6 heteroatoms. The van der Waals surface area contributed by atoms with Crippen LogP contribution in [0.4, 0.5) is 0 Å². The molecule has 0 N–H and O–H groups in total. The number of halogens is 2. The van der Waals surface area contributed by atoms with Gasteiger partial charge in [-0.15, -0.1) is 0 Å². The number of ether oxygens (including phenoxy) is 2. The summed E-state index contributed by atoms with van der Waals surface area (Å²) in [5.74, 6) is 1.62. The minimum absolute atomic E-state index is 0.0974. The summed E-state index contributed by atoms with van der Waals surface area (Å²) < 4.78 is 11.8. The lowest BCUT2D eigenvalue weighted by molar-refractivity contribution is -0.114. The van der Waals surface area contributed by atoms with Gasteiger partial charge in [0.25, 0.3) is 0 Å². The lowest BCUT2D eigenvalue weighted by Crippen LogP contribution is -2.51. The maximum absolute atomic E-state index is 6.51. The van der Waals surface area contributed by atoms with Crippen molar-refractivity contribution in [3.63, 3.8) is 0 Å². The average molecular weight is 403 g/mol. The highest BCUT2D eigenvalue weighted by Gasteiger charge is 2.52. The number of rotatable bonds is 2. The minimum atomic E-state index is -0.399. The van der Waals surface area contributed by atoms with E-state index in [9.17, 15) is 0 Å². The Balaban J connectivity index is 1.59. The van der Waals surface area contributed by atoms with Gasteiger partial charge < -0.3 is 9.47 Å². The summed E-state index contributed by atoms with van der Waals surface area (Å²) in [4.78, 5) is 0. The summed E-state index contributed by atoms with van der Waals surface area (Å²) in [5, 5.41) is 8.41. The minimum Gasteiger partial charge on any atom is -0.497 e. The predicted octanol–water partition coefficient (Wildman–Crippen LogP) is 5.82. The van der Waals surface area contributed by atoms with Crippen LogP contribution in [0.15, 0.2) is 41.5 Å². The van der Waals surface area contributed by atoms with Gasteiger partial charge in [0.2, 0.25) is 0 Å². The smallest absolute Gasteiger partial charge is 0.198 e. The van der Waals surface area contributed by atoms with E-state index in [1.165, 1.54) is 0 Å². The summed E-state index contributed by atoms with van der Waals surface area (Å²) in [6, 6.07) is 11.9. The highest BCUT2D eigenvalue weighted by molar-refractivity contribution is 6.35. The largest absolute Gasteiger partial charge is 0.497 e. The molecule has 0 bridgehead atoms. The summed E-state index contributed by atoms with van der Waals surface area (Å²) in [5.41, 5.74) is 2.79. The van der Waals surface area contributed by atoms with Crippen LogP contribution in [0.1, 0.15) is 49.3 Å². The lowest BCUT2D eigenvalue weighted by Gasteiger charge is -2.46. The van der Waals surface area contributed by atoms with E-state index in [0.29, 0.717) is 10.0 Å². The molecule has 2 aromatic rings. The van der Waals surface area contributed by atoms with Crippen molar-refractivity contribution < 1.29 is 9.47 Å². The third kappa shape index (κ3) is 2.69. The first kappa shape index (κ1) is 17.2. The van der Waals surface area contributed by atoms with Gasteiger partial charge >= 0.3 is 0 Å². The summed E-state index contributed by atoms with van der Waals surface area (Å²) in [7, 11) is 1.67. The van der Waals surface area contributed by atoms with E-state index in [4.69, 9.17) is 37.8 Å². The molecule has 1 aliphatic carbocycles. The van der Waals surface area contributed by atoms with E-state index >= 15 is 0 Å². The molecule has 2 aliphatic heterocycles. The monoisotopic (exact) mass is 402 g/mol. The maximum Gasteiger partial charge on any atom is 0.198 e. The molecule has 0 radical (unpaired) electrons. The fourth-order valence-corrected chi connectivity index (χ4v) is 5.06. The molecule has 3 aliphatic rings. The van der Waals surface area contributed by atoms with E-state index in [0.717, 1.165) is 60.4 Å². The van der Waals surface area contributed by atoms with Gasteiger partial charge in [-0.2, -0.15) is 5.10 Å².